The molecule has 88 valence electrons. The molecule has 0 fully saturated rings. The van der Waals surface area contributed by atoms with E-state index in [1.54, 1.807) is 0 Å². The molecule has 0 radical (unpaired) electrons. The van der Waals surface area contributed by atoms with E-state index in [0.29, 0.717) is 6.07 Å². The van der Waals surface area contributed by atoms with Crippen molar-refractivity contribution in [1.82, 2.24) is 0 Å². The second-order valence-electron chi connectivity index (χ2n) is 3.20. The third kappa shape index (κ3) is 3.22. The van der Waals surface area contributed by atoms with Gasteiger partial charge in [0.05, 0.1) is 5.56 Å². The van der Waals surface area contributed by atoms with Gasteiger partial charge in [-0.25, -0.2) is 4.39 Å². The van der Waals surface area contributed by atoms with Crippen LogP contribution in [0, 0.1) is 5.82 Å². The molecule has 0 heterocycles. The van der Waals surface area contributed by atoms with Gasteiger partial charge in [-0.05, 0) is 24.1 Å². The number of carboxylic acids is 1. The normalized spacial score (nSPS) is 11.5. The van der Waals surface area contributed by atoms with E-state index in [1.165, 1.54) is 0 Å². The zero-order valence-corrected chi connectivity index (χ0v) is 8.01. The summed E-state index contributed by atoms with van der Waals surface area (Å²) in [6.45, 7) is 0. The lowest BCUT2D eigenvalue weighted by Crippen LogP contribution is -2.07. The number of carbonyl (C=O) groups is 1. The number of halogens is 4. The third-order valence-corrected chi connectivity index (χ3v) is 1.99. The molecule has 1 aromatic rings. The number of hydrogen-bond acceptors (Lipinski definition) is 1. The lowest BCUT2D eigenvalue weighted by atomic mass is 10.1. The Morgan fingerprint density at radius 2 is 1.94 bits per heavy atom. The number of alkyl halides is 3. The van der Waals surface area contributed by atoms with Crippen molar-refractivity contribution in [3.8, 4) is 0 Å². The number of aliphatic carboxylic acids is 1. The second-order valence-corrected chi connectivity index (χ2v) is 3.20. The molecule has 0 amide bonds. The average molecular weight is 236 g/mol. The van der Waals surface area contributed by atoms with Crippen molar-refractivity contribution in [2.75, 3.05) is 0 Å². The van der Waals surface area contributed by atoms with E-state index in [9.17, 15) is 22.4 Å². The molecule has 0 aliphatic rings. The molecule has 2 nitrogen and oxygen atoms in total. The van der Waals surface area contributed by atoms with Crippen LogP contribution in [-0.4, -0.2) is 11.1 Å². The predicted octanol–water partition coefficient (Wildman–Crippen LogP) is 2.86. The van der Waals surface area contributed by atoms with Crippen molar-refractivity contribution in [3.63, 3.8) is 0 Å². The van der Waals surface area contributed by atoms with Crippen molar-refractivity contribution in [2.24, 2.45) is 0 Å². The zero-order valence-electron chi connectivity index (χ0n) is 8.01. The molecule has 0 saturated carbocycles. The number of aryl methyl sites for hydroxylation is 1. The quantitative estimate of drug-likeness (QED) is 0.819. The van der Waals surface area contributed by atoms with Gasteiger partial charge in [-0.1, -0.05) is 6.07 Å². The fraction of sp³-hybridized carbons (Fsp3) is 0.300. The molecule has 0 spiro atoms. The summed E-state index contributed by atoms with van der Waals surface area (Å²) < 4.78 is 49.6. The van der Waals surface area contributed by atoms with Crippen LogP contribution in [-0.2, 0) is 17.4 Å². The molecule has 1 N–H and O–H groups in total. The van der Waals surface area contributed by atoms with Crippen LogP contribution in [0.5, 0.6) is 0 Å². The van der Waals surface area contributed by atoms with Crippen LogP contribution in [0.3, 0.4) is 0 Å². The fourth-order valence-corrected chi connectivity index (χ4v) is 1.17. The first kappa shape index (κ1) is 12.5. The molecule has 0 aliphatic carbocycles. The van der Waals surface area contributed by atoms with Crippen molar-refractivity contribution >= 4 is 5.97 Å². The Bertz CT molecular complexity index is 398. The van der Waals surface area contributed by atoms with E-state index in [1.807, 2.05) is 0 Å². The Labute approximate surface area is 88.5 Å². The highest BCUT2D eigenvalue weighted by Gasteiger charge is 2.31. The maximum absolute atomic E-state index is 13.1. The van der Waals surface area contributed by atoms with Gasteiger partial charge in [-0.2, -0.15) is 13.2 Å². The summed E-state index contributed by atoms with van der Waals surface area (Å²) >= 11 is 0. The summed E-state index contributed by atoms with van der Waals surface area (Å²) in [7, 11) is 0. The standard InChI is InChI=1S/C10H8F4O2/c11-8-5-7(10(12,13)14)3-1-6(8)2-4-9(15)16/h1,3,5H,2,4H2,(H,15,16). The van der Waals surface area contributed by atoms with E-state index < -0.39 is 23.5 Å². The van der Waals surface area contributed by atoms with Gasteiger partial charge in [0.2, 0.25) is 0 Å². The number of carboxylic acid groups (broad SMARTS) is 1. The highest BCUT2D eigenvalue weighted by Crippen LogP contribution is 2.30. The Kier molecular flexibility index (Phi) is 3.51. The second kappa shape index (κ2) is 4.51. The first-order valence-corrected chi connectivity index (χ1v) is 4.38. The first-order chi connectivity index (χ1) is 7.30. The topological polar surface area (TPSA) is 37.3 Å². The van der Waals surface area contributed by atoms with Crippen LogP contribution in [0.4, 0.5) is 17.6 Å². The van der Waals surface area contributed by atoms with Crippen molar-refractivity contribution in [3.05, 3.63) is 35.1 Å². The number of rotatable bonds is 3. The third-order valence-electron chi connectivity index (χ3n) is 1.99. The highest BCUT2D eigenvalue weighted by molar-refractivity contribution is 5.67. The van der Waals surface area contributed by atoms with Gasteiger partial charge in [0, 0.05) is 6.42 Å². The highest BCUT2D eigenvalue weighted by atomic mass is 19.4. The molecule has 1 rings (SSSR count). The smallest absolute Gasteiger partial charge is 0.416 e. The Morgan fingerprint density at radius 1 is 1.31 bits per heavy atom. The molecule has 6 heteroatoms. The van der Waals surface area contributed by atoms with Gasteiger partial charge in [0.15, 0.2) is 0 Å². The van der Waals surface area contributed by atoms with E-state index in [0.717, 1.165) is 12.1 Å². The zero-order chi connectivity index (χ0) is 12.3. The van der Waals surface area contributed by atoms with Crippen molar-refractivity contribution < 1.29 is 27.5 Å². The predicted molar refractivity (Wildman–Crippen MR) is 47.4 cm³/mol. The van der Waals surface area contributed by atoms with Crippen LogP contribution in [0.1, 0.15) is 17.5 Å². The molecule has 0 unspecified atom stereocenters. The van der Waals surface area contributed by atoms with E-state index >= 15 is 0 Å². The minimum atomic E-state index is -4.59. The summed E-state index contributed by atoms with van der Waals surface area (Å²) in [6, 6.07) is 2.07. The Hall–Kier alpha value is -1.59. The summed E-state index contributed by atoms with van der Waals surface area (Å²) in [6.07, 6.45) is -5.03. The largest absolute Gasteiger partial charge is 0.481 e. The van der Waals surface area contributed by atoms with Crippen molar-refractivity contribution in [2.45, 2.75) is 19.0 Å². The fourth-order valence-electron chi connectivity index (χ4n) is 1.17. The summed E-state index contributed by atoms with van der Waals surface area (Å²) in [5, 5.41) is 8.35. The van der Waals surface area contributed by atoms with E-state index in [-0.39, 0.29) is 18.4 Å². The lowest BCUT2D eigenvalue weighted by Gasteiger charge is -2.08. The minimum Gasteiger partial charge on any atom is -0.481 e. The lowest BCUT2D eigenvalue weighted by molar-refractivity contribution is -0.138. The van der Waals surface area contributed by atoms with Crippen LogP contribution < -0.4 is 0 Å². The molecule has 1 aromatic carbocycles. The summed E-state index contributed by atoms with van der Waals surface area (Å²) in [5.41, 5.74) is -1.11. The van der Waals surface area contributed by atoms with E-state index in [2.05, 4.69) is 0 Å². The molecule has 16 heavy (non-hydrogen) atoms. The maximum atomic E-state index is 13.1. The van der Waals surface area contributed by atoms with Gasteiger partial charge in [-0.15, -0.1) is 0 Å². The van der Waals surface area contributed by atoms with Crippen LogP contribution in [0.25, 0.3) is 0 Å². The molecule has 0 saturated heterocycles. The Morgan fingerprint density at radius 3 is 2.38 bits per heavy atom. The van der Waals surface area contributed by atoms with Crippen LogP contribution >= 0.6 is 0 Å². The van der Waals surface area contributed by atoms with Gasteiger partial charge in [0.25, 0.3) is 0 Å². The monoisotopic (exact) mass is 236 g/mol. The average Bonchev–Trinajstić information content (AvgIpc) is 2.14. The molecule has 0 bridgehead atoms. The van der Waals surface area contributed by atoms with Gasteiger partial charge in [-0.3, -0.25) is 4.79 Å². The first-order valence-electron chi connectivity index (χ1n) is 4.38. The Balaban J connectivity index is 2.88. The molecule has 0 aliphatic heterocycles. The number of benzene rings is 1. The SMILES string of the molecule is O=C(O)CCc1ccc(C(F)(F)F)cc1F. The molecular formula is C10H8F4O2. The van der Waals surface area contributed by atoms with Gasteiger partial charge in [0.1, 0.15) is 5.82 Å². The van der Waals surface area contributed by atoms with Gasteiger partial charge >= 0.3 is 12.1 Å². The molecule has 0 atom stereocenters. The van der Waals surface area contributed by atoms with Crippen LogP contribution in [0.2, 0.25) is 0 Å². The summed E-state index contributed by atoms with van der Waals surface area (Å²) in [4.78, 5) is 10.2. The summed E-state index contributed by atoms with van der Waals surface area (Å²) in [5.74, 6) is -2.16. The van der Waals surface area contributed by atoms with Gasteiger partial charge < -0.3 is 5.11 Å². The molecule has 0 aromatic heterocycles. The molecular weight excluding hydrogens is 228 g/mol. The number of hydrogen-bond donors (Lipinski definition) is 1. The van der Waals surface area contributed by atoms with Crippen LogP contribution in [0.15, 0.2) is 18.2 Å². The minimum absolute atomic E-state index is 0.0320. The van der Waals surface area contributed by atoms with Crippen molar-refractivity contribution in [1.29, 1.82) is 0 Å². The van der Waals surface area contributed by atoms with E-state index in [4.69, 9.17) is 5.11 Å². The maximum Gasteiger partial charge on any atom is 0.416 e.